The summed E-state index contributed by atoms with van der Waals surface area (Å²) in [5.74, 6) is -0.827. The predicted molar refractivity (Wildman–Crippen MR) is 134 cm³/mol. The van der Waals surface area contributed by atoms with Crippen LogP contribution in [0.1, 0.15) is 79.6 Å². The highest BCUT2D eigenvalue weighted by molar-refractivity contribution is 5.88. The number of hydrogen-bond acceptors (Lipinski definition) is 7. The maximum Gasteiger partial charge on any atom is 0.410 e. The Balaban J connectivity index is 1.54. The van der Waals surface area contributed by atoms with Crippen LogP contribution in [0.25, 0.3) is 0 Å². The molecule has 3 fully saturated rings. The Bertz CT molecular complexity index is 857. The molecule has 11 nitrogen and oxygen atoms in total. The molecular formula is C26H42N4O7. The van der Waals surface area contributed by atoms with Crippen molar-refractivity contribution in [1.82, 2.24) is 20.9 Å². The Morgan fingerprint density at radius 2 is 1.76 bits per heavy atom. The number of amides is 4. The average Bonchev–Trinajstić information content (AvgIpc) is 3.30. The first-order valence-electron chi connectivity index (χ1n) is 13.4. The fraction of sp³-hybridized carbons (Fsp3) is 0.808. The lowest BCUT2D eigenvalue weighted by Gasteiger charge is -2.39. The highest BCUT2D eigenvalue weighted by Gasteiger charge is 2.46. The van der Waals surface area contributed by atoms with Gasteiger partial charge in [-0.1, -0.05) is 13.8 Å². The van der Waals surface area contributed by atoms with E-state index in [0.29, 0.717) is 38.5 Å². The van der Waals surface area contributed by atoms with Gasteiger partial charge in [-0.3, -0.25) is 9.59 Å². The van der Waals surface area contributed by atoms with Crippen LogP contribution in [-0.2, 0) is 23.9 Å². The third kappa shape index (κ3) is 8.07. The van der Waals surface area contributed by atoms with Crippen LogP contribution in [0.15, 0.2) is 0 Å². The first kappa shape index (κ1) is 28.7. The van der Waals surface area contributed by atoms with Crippen LogP contribution >= 0.6 is 0 Å². The molecule has 3 aliphatic rings. The van der Waals surface area contributed by atoms with Gasteiger partial charge in [0.05, 0.1) is 6.04 Å². The van der Waals surface area contributed by atoms with E-state index in [1.165, 1.54) is 0 Å². The van der Waals surface area contributed by atoms with Gasteiger partial charge in [-0.2, -0.15) is 0 Å². The molecule has 0 aliphatic carbocycles. The first-order chi connectivity index (χ1) is 17.4. The standard InChI is InChI=1S/C26H42N4O7/c1-15(2)10-21(23(33)28-17(14-31)11-16-8-9-27-22(16)32)29-24(34)36-20-12-18-6-7-19(13-20)30(18)25(35)37-26(3,4)5/h14-21H,6-13H2,1-5H3,(H,27,32)(H,28,33)(H,29,34)/t16-,17-,18-,19+,20?,21-/m0/s1. The first-order valence-corrected chi connectivity index (χ1v) is 13.4. The van der Waals surface area contributed by atoms with Gasteiger partial charge in [0.25, 0.3) is 0 Å². The van der Waals surface area contributed by atoms with Crippen LogP contribution in [0.3, 0.4) is 0 Å². The normalized spacial score (nSPS) is 26.8. The number of alkyl carbamates (subject to hydrolysis) is 1. The molecule has 0 spiro atoms. The Labute approximate surface area is 218 Å². The number of hydrogen-bond donors (Lipinski definition) is 3. The highest BCUT2D eigenvalue weighted by atomic mass is 16.6. The highest BCUT2D eigenvalue weighted by Crippen LogP contribution is 2.38. The van der Waals surface area contributed by atoms with E-state index in [9.17, 15) is 24.0 Å². The van der Waals surface area contributed by atoms with E-state index >= 15 is 0 Å². The average molecular weight is 523 g/mol. The maximum absolute atomic E-state index is 13.0. The van der Waals surface area contributed by atoms with Gasteiger partial charge < -0.3 is 35.1 Å². The SMILES string of the molecule is CC(C)C[C@H](NC(=O)OC1C[C@H]2CC[C@@H](C1)N2C(=O)OC(C)(C)C)C(=O)N[C@H](C=O)C[C@@H]1CCNC1=O. The van der Waals surface area contributed by atoms with Crippen molar-refractivity contribution < 1.29 is 33.4 Å². The van der Waals surface area contributed by atoms with Crippen LogP contribution in [0.5, 0.6) is 0 Å². The molecule has 1 unspecified atom stereocenters. The van der Waals surface area contributed by atoms with Crippen molar-refractivity contribution >= 4 is 30.3 Å². The summed E-state index contributed by atoms with van der Waals surface area (Å²) >= 11 is 0. The van der Waals surface area contributed by atoms with Crippen LogP contribution in [-0.4, -0.2) is 77.6 Å². The molecule has 3 heterocycles. The summed E-state index contributed by atoms with van der Waals surface area (Å²) in [7, 11) is 0. The number of nitrogens with one attached hydrogen (secondary N) is 3. The number of ether oxygens (including phenoxy) is 2. The molecular weight excluding hydrogens is 480 g/mol. The number of nitrogens with zero attached hydrogens (tertiary/aromatic N) is 1. The van der Waals surface area contributed by atoms with E-state index in [4.69, 9.17) is 9.47 Å². The summed E-state index contributed by atoms with van der Waals surface area (Å²) in [6.07, 6.45) is 3.11. The number of piperidine rings is 1. The largest absolute Gasteiger partial charge is 0.446 e. The van der Waals surface area contributed by atoms with Crippen LogP contribution < -0.4 is 16.0 Å². The molecule has 0 radical (unpaired) electrons. The molecule has 6 atom stereocenters. The zero-order valence-electron chi connectivity index (χ0n) is 22.6. The Morgan fingerprint density at radius 3 is 2.27 bits per heavy atom. The monoisotopic (exact) mass is 522 g/mol. The predicted octanol–water partition coefficient (Wildman–Crippen LogP) is 2.27. The minimum atomic E-state index is -0.883. The minimum absolute atomic E-state index is 0.0534. The van der Waals surface area contributed by atoms with Gasteiger partial charge in [-0.15, -0.1) is 0 Å². The van der Waals surface area contributed by atoms with Crippen molar-refractivity contribution in [3.63, 3.8) is 0 Å². The maximum atomic E-state index is 13.0. The second kappa shape index (κ2) is 12.1. The van der Waals surface area contributed by atoms with Crippen molar-refractivity contribution in [3.8, 4) is 0 Å². The number of aldehydes is 1. The van der Waals surface area contributed by atoms with Crippen LogP contribution in [0.2, 0.25) is 0 Å². The Morgan fingerprint density at radius 1 is 1.11 bits per heavy atom. The summed E-state index contributed by atoms with van der Waals surface area (Å²) in [5.41, 5.74) is -0.581. The molecule has 208 valence electrons. The zero-order chi connectivity index (χ0) is 27.3. The van der Waals surface area contributed by atoms with Gasteiger partial charge in [-0.25, -0.2) is 9.59 Å². The number of carbonyl (C=O) groups is 5. The number of rotatable bonds is 9. The lowest BCUT2D eigenvalue weighted by Crippen LogP contribution is -2.53. The van der Waals surface area contributed by atoms with Crippen molar-refractivity contribution in [2.75, 3.05) is 6.54 Å². The van der Waals surface area contributed by atoms with Crippen molar-refractivity contribution in [3.05, 3.63) is 0 Å². The van der Waals surface area contributed by atoms with Crippen LogP contribution in [0.4, 0.5) is 9.59 Å². The Hall–Kier alpha value is -2.85. The number of fused-ring (bicyclic) bond motifs is 2. The molecule has 3 rings (SSSR count). The minimum Gasteiger partial charge on any atom is -0.446 e. The molecule has 0 saturated carbocycles. The van der Waals surface area contributed by atoms with Gasteiger partial charge >= 0.3 is 12.2 Å². The molecule has 2 bridgehead atoms. The summed E-state index contributed by atoms with van der Waals surface area (Å²) in [6.45, 7) is 9.91. The zero-order valence-corrected chi connectivity index (χ0v) is 22.6. The lowest BCUT2D eigenvalue weighted by atomic mass is 9.98. The molecule has 4 amide bonds. The fourth-order valence-electron chi connectivity index (χ4n) is 5.47. The van der Waals surface area contributed by atoms with Gasteiger partial charge in [0.1, 0.15) is 24.0 Å². The molecule has 11 heteroatoms. The summed E-state index contributed by atoms with van der Waals surface area (Å²) in [5, 5.41) is 8.07. The Kier molecular flexibility index (Phi) is 9.41. The molecule has 0 aromatic carbocycles. The molecule has 3 saturated heterocycles. The summed E-state index contributed by atoms with van der Waals surface area (Å²) < 4.78 is 11.2. The van der Waals surface area contributed by atoms with Gasteiger partial charge in [0.15, 0.2) is 0 Å². The second-order valence-electron chi connectivity index (χ2n) is 11.9. The van der Waals surface area contributed by atoms with E-state index in [1.54, 1.807) is 4.90 Å². The molecule has 0 aromatic rings. The third-order valence-corrected chi connectivity index (χ3v) is 7.08. The number of carbonyl (C=O) groups excluding carboxylic acids is 5. The van der Waals surface area contributed by atoms with Crippen LogP contribution in [0, 0.1) is 11.8 Å². The van der Waals surface area contributed by atoms with E-state index < -0.39 is 29.7 Å². The van der Waals surface area contributed by atoms with E-state index in [-0.39, 0.29) is 48.4 Å². The van der Waals surface area contributed by atoms with E-state index in [1.807, 2.05) is 34.6 Å². The molecule has 37 heavy (non-hydrogen) atoms. The van der Waals surface area contributed by atoms with E-state index in [2.05, 4.69) is 16.0 Å². The quantitative estimate of drug-likeness (QED) is 0.394. The summed E-state index contributed by atoms with van der Waals surface area (Å²) in [6, 6.07) is -1.81. The van der Waals surface area contributed by atoms with Crippen molar-refractivity contribution in [2.45, 2.75) is 115 Å². The van der Waals surface area contributed by atoms with E-state index in [0.717, 1.165) is 12.8 Å². The topological polar surface area (TPSA) is 143 Å². The molecule has 3 aliphatic heterocycles. The van der Waals surface area contributed by atoms with Gasteiger partial charge in [-0.05, 0) is 58.8 Å². The van der Waals surface area contributed by atoms with Gasteiger partial charge in [0.2, 0.25) is 11.8 Å². The van der Waals surface area contributed by atoms with Crippen molar-refractivity contribution in [2.24, 2.45) is 11.8 Å². The lowest BCUT2D eigenvalue weighted by molar-refractivity contribution is -0.127. The fourth-order valence-corrected chi connectivity index (χ4v) is 5.47. The van der Waals surface area contributed by atoms with Gasteiger partial charge in [0, 0.05) is 37.4 Å². The smallest absolute Gasteiger partial charge is 0.410 e. The summed E-state index contributed by atoms with van der Waals surface area (Å²) in [4.78, 5) is 63.6. The second-order valence-corrected chi connectivity index (χ2v) is 11.9. The molecule has 3 N–H and O–H groups in total. The molecule has 0 aromatic heterocycles. The van der Waals surface area contributed by atoms with Crippen molar-refractivity contribution in [1.29, 1.82) is 0 Å². The third-order valence-electron chi connectivity index (χ3n) is 7.08.